The Labute approximate surface area is 219 Å². The van der Waals surface area contributed by atoms with Gasteiger partial charge in [-0.25, -0.2) is 0 Å². The van der Waals surface area contributed by atoms with Crippen molar-refractivity contribution in [1.82, 2.24) is 10.2 Å². The summed E-state index contributed by atoms with van der Waals surface area (Å²) in [6.07, 6.45) is 3.68. The first-order valence-electron chi connectivity index (χ1n) is 12.3. The minimum atomic E-state index is -1.17. The van der Waals surface area contributed by atoms with E-state index in [-0.39, 0.29) is 36.8 Å². The van der Waals surface area contributed by atoms with Crippen LogP contribution in [-0.2, 0) is 37.6 Å². The lowest BCUT2D eigenvalue weighted by Gasteiger charge is -2.41. The smallest absolute Gasteiger partial charge is 0.308 e. The zero-order valence-electron chi connectivity index (χ0n) is 21.0. The Morgan fingerprint density at radius 3 is 2.33 bits per heavy atom. The number of ether oxygens (including phenoxy) is 1. The van der Waals surface area contributed by atoms with Gasteiger partial charge in [-0.05, 0) is 61.6 Å². The third-order valence-electron chi connectivity index (χ3n) is 7.30. The van der Waals surface area contributed by atoms with E-state index in [4.69, 9.17) is 10.5 Å². The van der Waals surface area contributed by atoms with Crippen LogP contribution in [0.4, 0.5) is 0 Å². The quantitative estimate of drug-likeness (QED) is 0.553. The van der Waals surface area contributed by atoms with Gasteiger partial charge in [0.25, 0.3) is 0 Å². The van der Waals surface area contributed by atoms with Gasteiger partial charge in [-0.2, -0.15) is 0 Å². The first-order chi connectivity index (χ1) is 16.7. The van der Waals surface area contributed by atoms with Crippen molar-refractivity contribution < 1.29 is 19.1 Å². The average molecular weight is 514 g/mol. The summed E-state index contributed by atoms with van der Waals surface area (Å²) in [4.78, 5) is 40.5. The summed E-state index contributed by atoms with van der Waals surface area (Å²) >= 11 is 0. The number of likely N-dealkylation sites (tertiary alicyclic amines) is 1. The number of rotatable bonds is 7. The summed E-state index contributed by atoms with van der Waals surface area (Å²) in [5.74, 6) is -1.29. The fourth-order valence-corrected chi connectivity index (χ4v) is 5.17. The van der Waals surface area contributed by atoms with E-state index in [1.54, 1.807) is 18.7 Å². The minimum Gasteiger partial charge on any atom is -0.461 e. The van der Waals surface area contributed by atoms with Gasteiger partial charge in [0.2, 0.25) is 11.8 Å². The number of nitrogens with zero attached hydrogens (tertiary/aromatic N) is 1. The van der Waals surface area contributed by atoms with E-state index in [0.29, 0.717) is 13.1 Å². The monoisotopic (exact) mass is 513 g/mol. The van der Waals surface area contributed by atoms with Gasteiger partial charge in [-0.1, -0.05) is 54.6 Å². The Morgan fingerprint density at radius 2 is 1.67 bits per heavy atom. The maximum atomic E-state index is 13.5. The lowest BCUT2D eigenvalue weighted by atomic mass is 9.74. The van der Waals surface area contributed by atoms with Gasteiger partial charge in [0.15, 0.2) is 0 Å². The molecule has 0 aromatic heterocycles. The molecule has 3 N–H and O–H groups in total. The van der Waals surface area contributed by atoms with Crippen LogP contribution in [0.25, 0.3) is 0 Å². The largest absolute Gasteiger partial charge is 0.461 e. The Balaban J connectivity index is 0.00000361. The molecule has 36 heavy (non-hydrogen) atoms. The molecular formula is C28H36ClN3O4. The maximum absolute atomic E-state index is 13.5. The van der Waals surface area contributed by atoms with Gasteiger partial charge >= 0.3 is 5.97 Å². The summed E-state index contributed by atoms with van der Waals surface area (Å²) < 4.78 is 5.39. The highest BCUT2D eigenvalue weighted by Gasteiger charge is 2.43. The maximum Gasteiger partial charge on any atom is 0.308 e. The van der Waals surface area contributed by atoms with Crippen LogP contribution in [0.2, 0.25) is 0 Å². The molecule has 2 aliphatic rings. The van der Waals surface area contributed by atoms with Gasteiger partial charge in [-0.15, -0.1) is 12.4 Å². The number of esters is 1. The molecule has 1 fully saturated rings. The molecule has 1 heterocycles. The lowest BCUT2D eigenvalue weighted by Crippen LogP contribution is -2.58. The van der Waals surface area contributed by atoms with Crippen LogP contribution in [0, 0.1) is 0 Å². The lowest BCUT2D eigenvalue weighted by molar-refractivity contribution is -0.149. The van der Waals surface area contributed by atoms with E-state index < -0.39 is 23.5 Å². The van der Waals surface area contributed by atoms with Crippen molar-refractivity contribution in [3.8, 4) is 0 Å². The number of nitrogens with one attached hydrogen (secondary N) is 1. The predicted molar refractivity (Wildman–Crippen MR) is 141 cm³/mol. The van der Waals surface area contributed by atoms with Crippen LogP contribution in [0.15, 0.2) is 54.6 Å². The van der Waals surface area contributed by atoms with Crippen molar-refractivity contribution in [1.29, 1.82) is 0 Å². The summed E-state index contributed by atoms with van der Waals surface area (Å²) in [5.41, 5.74) is 8.55. The number of benzene rings is 2. The fourth-order valence-electron chi connectivity index (χ4n) is 5.17. The Hall–Kier alpha value is -2.90. The van der Waals surface area contributed by atoms with Crippen LogP contribution in [0.1, 0.15) is 56.2 Å². The SMILES string of the molecule is CC(C)(N)C(=O)NC(CC(=O)OCc1ccccc1)C(=O)N1CCC2(CCc3ccccc32)CC1.Cl. The zero-order chi connectivity index (χ0) is 25.1. The molecule has 2 amide bonds. The Kier molecular flexibility index (Phi) is 8.80. The van der Waals surface area contributed by atoms with Gasteiger partial charge < -0.3 is 20.7 Å². The minimum absolute atomic E-state index is 0. The Morgan fingerprint density at radius 1 is 1.03 bits per heavy atom. The predicted octanol–water partition coefficient (Wildman–Crippen LogP) is 3.27. The van der Waals surface area contributed by atoms with Crippen molar-refractivity contribution in [2.75, 3.05) is 13.1 Å². The van der Waals surface area contributed by atoms with E-state index in [1.807, 2.05) is 30.3 Å². The highest BCUT2D eigenvalue weighted by molar-refractivity contribution is 5.93. The molecule has 1 saturated heterocycles. The van der Waals surface area contributed by atoms with Crippen LogP contribution >= 0.6 is 12.4 Å². The van der Waals surface area contributed by atoms with E-state index in [9.17, 15) is 14.4 Å². The summed E-state index contributed by atoms with van der Waals surface area (Å²) in [5, 5.41) is 2.70. The van der Waals surface area contributed by atoms with Crippen LogP contribution in [-0.4, -0.2) is 47.4 Å². The molecule has 1 aliphatic carbocycles. The standard InChI is InChI=1S/C28H35N3O4.ClH/c1-27(2,29)26(34)30-23(18-24(32)35-19-20-8-4-3-5-9-20)25(33)31-16-14-28(15-17-31)13-12-21-10-6-7-11-22(21)28;/h3-11,23H,12-19,29H2,1-2H3,(H,30,34);1H. The van der Waals surface area contributed by atoms with E-state index in [0.717, 1.165) is 31.2 Å². The third kappa shape index (κ3) is 6.26. The van der Waals surface area contributed by atoms with Crippen molar-refractivity contribution in [2.45, 2.75) is 69.6 Å². The van der Waals surface area contributed by atoms with Crippen molar-refractivity contribution in [3.05, 3.63) is 71.3 Å². The van der Waals surface area contributed by atoms with Crippen LogP contribution in [0.5, 0.6) is 0 Å². The van der Waals surface area contributed by atoms with Crippen molar-refractivity contribution in [2.24, 2.45) is 5.73 Å². The van der Waals surface area contributed by atoms with Gasteiger partial charge in [0.1, 0.15) is 12.6 Å². The van der Waals surface area contributed by atoms with E-state index in [1.165, 1.54) is 11.1 Å². The number of carbonyl (C=O) groups is 3. The number of fused-ring (bicyclic) bond motifs is 2. The molecule has 0 radical (unpaired) electrons. The summed E-state index contributed by atoms with van der Waals surface area (Å²) in [7, 11) is 0. The highest BCUT2D eigenvalue weighted by Crippen LogP contribution is 2.46. The second-order valence-electron chi connectivity index (χ2n) is 10.4. The molecule has 1 spiro atoms. The normalized spacial score (nSPS) is 17.0. The number of nitrogens with two attached hydrogens (primary N) is 1. The molecule has 0 bridgehead atoms. The molecule has 194 valence electrons. The first kappa shape index (κ1) is 27.7. The highest BCUT2D eigenvalue weighted by atomic mass is 35.5. The fraction of sp³-hybridized carbons (Fsp3) is 0.464. The zero-order valence-corrected chi connectivity index (χ0v) is 21.8. The summed E-state index contributed by atoms with van der Waals surface area (Å²) in [6, 6.07) is 16.9. The van der Waals surface area contributed by atoms with Gasteiger partial charge in [0.05, 0.1) is 12.0 Å². The molecule has 4 rings (SSSR count). The number of halogens is 1. The van der Waals surface area contributed by atoms with Crippen molar-refractivity contribution in [3.63, 3.8) is 0 Å². The Bertz CT molecular complexity index is 1080. The van der Waals surface area contributed by atoms with Crippen molar-refractivity contribution >= 4 is 30.2 Å². The molecule has 1 unspecified atom stereocenters. The molecule has 1 atom stereocenters. The molecule has 0 saturated carbocycles. The van der Waals surface area contributed by atoms with Crippen LogP contribution in [0.3, 0.4) is 0 Å². The molecule has 2 aromatic carbocycles. The molecule has 8 heteroatoms. The number of piperidine rings is 1. The van der Waals surface area contributed by atoms with Crippen LogP contribution < -0.4 is 11.1 Å². The number of aryl methyl sites for hydroxylation is 1. The van der Waals surface area contributed by atoms with Gasteiger partial charge in [-0.3, -0.25) is 14.4 Å². The number of carbonyl (C=O) groups excluding carboxylic acids is 3. The number of amides is 2. The number of hydrogen-bond acceptors (Lipinski definition) is 5. The second kappa shape index (κ2) is 11.4. The number of hydrogen-bond donors (Lipinski definition) is 2. The molecule has 1 aliphatic heterocycles. The first-order valence-corrected chi connectivity index (χ1v) is 12.3. The molecule has 7 nitrogen and oxygen atoms in total. The topological polar surface area (TPSA) is 102 Å². The third-order valence-corrected chi connectivity index (χ3v) is 7.30. The molecule has 2 aromatic rings. The average Bonchev–Trinajstić information content (AvgIpc) is 3.20. The second-order valence-corrected chi connectivity index (χ2v) is 10.4. The molecular weight excluding hydrogens is 478 g/mol. The van der Waals surface area contributed by atoms with Gasteiger partial charge in [0, 0.05) is 13.1 Å². The summed E-state index contributed by atoms with van der Waals surface area (Å²) in [6.45, 7) is 4.43. The van der Waals surface area contributed by atoms with E-state index in [2.05, 4.69) is 29.6 Å². The van der Waals surface area contributed by atoms with E-state index >= 15 is 0 Å².